The maximum Gasteiger partial charge on any atom is 0.214 e. The summed E-state index contributed by atoms with van der Waals surface area (Å²) in [5, 5.41) is 0. The molecule has 1 saturated heterocycles. The molecule has 1 fully saturated rings. The first-order valence-electron chi connectivity index (χ1n) is 4.57. The molecule has 0 aromatic heterocycles. The fourth-order valence-corrected chi connectivity index (χ4v) is 3.04. The molecule has 0 aliphatic carbocycles. The van der Waals surface area contributed by atoms with E-state index in [0.29, 0.717) is 0 Å². The van der Waals surface area contributed by atoms with E-state index in [1.165, 1.54) is 0 Å². The van der Waals surface area contributed by atoms with Crippen molar-refractivity contribution in [2.75, 3.05) is 12.3 Å². The molecule has 1 rings (SSSR count). The van der Waals surface area contributed by atoms with E-state index in [4.69, 9.17) is 0 Å². The van der Waals surface area contributed by atoms with Gasteiger partial charge in [-0.3, -0.25) is 0 Å². The summed E-state index contributed by atoms with van der Waals surface area (Å²) in [7, 11) is -2.94. The van der Waals surface area contributed by atoms with E-state index in [9.17, 15) is 8.42 Å². The van der Waals surface area contributed by atoms with E-state index < -0.39 is 10.0 Å². The number of hydrogen-bond donors (Lipinski definition) is 0. The largest absolute Gasteiger partial charge is 0.214 e. The predicted molar refractivity (Wildman–Crippen MR) is 49.5 cm³/mol. The maximum atomic E-state index is 11.5. The van der Waals surface area contributed by atoms with Gasteiger partial charge in [-0.15, -0.1) is 0 Å². The van der Waals surface area contributed by atoms with Crippen molar-refractivity contribution >= 4 is 10.0 Å². The number of sulfonamides is 1. The van der Waals surface area contributed by atoms with Crippen LogP contribution >= 0.6 is 0 Å². The first-order chi connectivity index (χ1) is 5.58. The Kier molecular flexibility index (Phi) is 3.12. The Morgan fingerprint density at radius 1 is 1.42 bits per heavy atom. The monoisotopic (exact) mass is 191 g/mol. The van der Waals surface area contributed by atoms with E-state index >= 15 is 0 Å². The molecule has 0 saturated carbocycles. The van der Waals surface area contributed by atoms with Crippen LogP contribution in [0.2, 0.25) is 0 Å². The fraction of sp³-hybridized carbons (Fsp3) is 1.00. The van der Waals surface area contributed by atoms with Gasteiger partial charge in [0, 0.05) is 12.6 Å². The minimum absolute atomic E-state index is 0.212. The third-order valence-electron chi connectivity index (χ3n) is 2.46. The minimum Gasteiger partial charge on any atom is -0.212 e. The molecule has 0 amide bonds. The molecule has 0 N–H and O–H groups in total. The van der Waals surface area contributed by atoms with Crippen molar-refractivity contribution in [2.24, 2.45) is 0 Å². The highest BCUT2D eigenvalue weighted by atomic mass is 32.2. The Hall–Kier alpha value is -0.0900. The first kappa shape index (κ1) is 9.99. The van der Waals surface area contributed by atoms with Crippen LogP contribution < -0.4 is 0 Å². The number of nitrogens with zero attached hydrogens (tertiary/aromatic N) is 1. The van der Waals surface area contributed by atoms with Gasteiger partial charge in [0.2, 0.25) is 10.0 Å². The van der Waals surface area contributed by atoms with Crippen LogP contribution in [-0.4, -0.2) is 31.1 Å². The van der Waals surface area contributed by atoms with Crippen LogP contribution in [0.4, 0.5) is 0 Å². The van der Waals surface area contributed by atoms with Gasteiger partial charge in [-0.05, 0) is 26.7 Å². The summed E-state index contributed by atoms with van der Waals surface area (Å²) in [6, 6.07) is 0.212. The summed E-state index contributed by atoms with van der Waals surface area (Å²) in [4.78, 5) is 0. The lowest BCUT2D eigenvalue weighted by molar-refractivity contribution is 0.269. The average molecular weight is 191 g/mol. The van der Waals surface area contributed by atoms with Gasteiger partial charge in [-0.25, -0.2) is 8.42 Å². The normalized spacial score (nSPS) is 27.3. The van der Waals surface area contributed by atoms with Crippen LogP contribution in [0.15, 0.2) is 0 Å². The molecule has 1 aliphatic heterocycles. The van der Waals surface area contributed by atoms with Crippen molar-refractivity contribution in [1.29, 1.82) is 0 Å². The highest BCUT2D eigenvalue weighted by Gasteiger charge is 2.27. The summed E-state index contributed by atoms with van der Waals surface area (Å²) >= 11 is 0. The second kappa shape index (κ2) is 3.75. The zero-order valence-electron chi connectivity index (χ0n) is 7.78. The molecular weight excluding hydrogens is 174 g/mol. The Labute approximate surface area is 74.8 Å². The van der Waals surface area contributed by atoms with E-state index in [1.54, 1.807) is 11.2 Å². The van der Waals surface area contributed by atoms with E-state index in [2.05, 4.69) is 0 Å². The first-order valence-corrected chi connectivity index (χ1v) is 6.18. The molecule has 1 atom stereocenters. The van der Waals surface area contributed by atoms with Gasteiger partial charge < -0.3 is 0 Å². The van der Waals surface area contributed by atoms with E-state index in [0.717, 1.165) is 25.8 Å². The molecule has 12 heavy (non-hydrogen) atoms. The van der Waals surface area contributed by atoms with Crippen LogP contribution in [0.5, 0.6) is 0 Å². The Balaban J connectivity index is 2.72. The highest BCUT2D eigenvalue weighted by Crippen LogP contribution is 2.19. The van der Waals surface area contributed by atoms with E-state index in [-0.39, 0.29) is 11.8 Å². The van der Waals surface area contributed by atoms with Gasteiger partial charge in [0.1, 0.15) is 0 Å². The van der Waals surface area contributed by atoms with Crippen LogP contribution in [0.1, 0.15) is 33.1 Å². The number of rotatable bonds is 2. The summed E-state index contributed by atoms with van der Waals surface area (Å²) in [5.74, 6) is 0.233. The Morgan fingerprint density at radius 3 is 2.58 bits per heavy atom. The smallest absolute Gasteiger partial charge is 0.212 e. The third kappa shape index (κ3) is 1.98. The van der Waals surface area contributed by atoms with Gasteiger partial charge in [0.05, 0.1) is 5.75 Å². The summed E-state index contributed by atoms with van der Waals surface area (Å²) < 4.78 is 24.6. The van der Waals surface area contributed by atoms with Crippen molar-refractivity contribution in [3.63, 3.8) is 0 Å². The molecular formula is C8H17NO2S. The van der Waals surface area contributed by atoms with Crippen molar-refractivity contribution in [2.45, 2.75) is 39.2 Å². The molecule has 0 aromatic carbocycles. The quantitative estimate of drug-likeness (QED) is 0.658. The standard InChI is InChI=1S/C8H17NO2S/c1-3-12(10,11)9-7-5-4-6-8(9)2/h8H,3-7H2,1-2H3/t8-/m1/s1. The second-order valence-corrected chi connectivity index (χ2v) is 5.57. The molecule has 3 nitrogen and oxygen atoms in total. The van der Waals surface area contributed by atoms with Gasteiger partial charge in [0.25, 0.3) is 0 Å². The van der Waals surface area contributed by atoms with Gasteiger partial charge in [-0.2, -0.15) is 4.31 Å². The zero-order chi connectivity index (χ0) is 9.19. The average Bonchev–Trinajstić information content (AvgIpc) is 2.05. The molecule has 4 heteroatoms. The Morgan fingerprint density at radius 2 is 2.08 bits per heavy atom. The molecule has 0 spiro atoms. The van der Waals surface area contributed by atoms with Crippen molar-refractivity contribution in [1.82, 2.24) is 4.31 Å². The molecule has 1 aliphatic rings. The molecule has 72 valence electrons. The van der Waals surface area contributed by atoms with Crippen LogP contribution in [-0.2, 0) is 10.0 Å². The van der Waals surface area contributed by atoms with Gasteiger partial charge >= 0.3 is 0 Å². The van der Waals surface area contributed by atoms with Crippen LogP contribution in [0, 0.1) is 0 Å². The van der Waals surface area contributed by atoms with Gasteiger partial charge in [-0.1, -0.05) is 6.42 Å². The van der Waals surface area contributed by atoms with E-state index in [1.807, 2.05) is 6.92 Å². The SMILES string of the molecule is CCS(=O)(=O)N1CCCC[C@H]1C. The number of piperidine rings is 1. The molecule has 0 bridgehead atoms. The maximum absolute atomic E-state index is 11.5. The van der Waals surface area contributed by atoms with Gasteiger partial charge in [0.15, 0.2) is 0 Å². The summed E-state index contributed by atoms with van der Waals surface area (Å²) in [6.07, 6.45) is 3.19. The van der Waals surface area contributed by atoms with Crippen LogP contribution in [0.25, 0.3) is 0 Å². The second-order valence-electron chi connectivity index (χ2n) is 3.36. The van der Waals surface area contributed by atoms with Crippen molar-refractivity contribution in [3.8, 4) is 0 Å². The van der Waals surface area contributed by atoms with Crippen molar-refractivity contribution < 1.29 is 8.42 Å². The molecule has 0 unspecified atom stereocenters. The lowest BCUT2D eigenvalue weighted by Gasteiger charge is -2.31. The summed E-state index contributed by atoms with van der Waals surface area (Å²) in [6.45, 7) is 4.42. The molecule has 0 aromatic rings. The minimum atomic E-state index is -2.94. The molecule has 0 radical (unpaired) electrons. The fourth-order valence-electron chi connectivity index (χ4n) is 1.65. The lowest BCUT2D eigenvalue weighted by Crippen LogP contribution is -2.42. The van der Waals surface area contributed by atoms with Crippen molar-refractivity contribution in [3.05, 3.63) is 0 Å². The Bertz CT molecular complexity index is 235. The highest BCUT2D eigenvalue weighted by molar-refractivity contribution is 7.89. The predicted octanol–water partition coefficient (Wildman–Crippen LogP) is 1.21. The summed E-state index contributed by atoms with van der Waals surface area (Å²) in [5.41, 5.74) is 0. The zero-order valence-corrected chi connectivity index (χ0v) is 8.60. The number of hydrogen-bond acceptors (Lipinski definition) is 2. The lowest BCUT2D eigenvalue weighted by atomic mass is 10.1. The van der Waals surface area contributed by atoms with Crippen LogP contribution in [0.3, 0.4) is 0 Å². The molecule has 1 heterocycles. The topological polar surface area (TPSA) is 37.4 Å². The third-order valence-corrected chi connectivity index (χ3v) is 4.45.